The summed E-state index contributed by atoms with van der Waals surface area (Å²) >= 11 is 1.20. The molecule has 2 amide bonds. The molecule has 1 aliphatic heterocycles. The standard InChI is InChI=1S/C24H24N4O4S/c1-2-32-18(29)13-17-14-33-24(25-17)26-22(30)20-19(15-9-5-3-6-10-15)21(27-28-23(20)31)16-11-7-4-8-12-16/h3-12,14,19-21,27H,2,13H2,1H3,(H,28,31)(H,25,26,30). The molecule has 0 radical (unpaired) electrons. The summed E-state index contributed by atoms with van der Waals surface area (Å²) in [7, 11) is 0. The van der Waals surface area contributed by atoms with E-state index in [1.54, 1.807) is 12.3 Å². The summed E-state index contributed by atoms with van der Waals surface area (Å²) in [5.74, 6) is -2.69. The lowest BCUT2D eigenvalue weighted by atomic mass is 9.76. The Morgan fingerprint density at radius 3 is 2.39 bits per heavy atom. The largest absolute Gasteiger partial charge is 0.466 e. The fourth-order valence-corrected chi connectivity index (χ4v) is 4.67. The second-order valence-corrected chi connectivity index (χ2v) is 8.41. The molecular weight excluding hydrogens is 440 g/mol. The Morgan fingerprint density at radius 1 is 1.06 bits per heavy atom. The second-order valence-electron chi connectivity index (χ2n) is 7.55. The van der Waals surface area contributed by atoms with E-state index in [0.717, 1.165) is 11.1 Å². The molecule has 0 aliphatic carbocycles. The summed E-state index contributed by atoms with van der Waals surface area (Å²) in [6, 6.07) is 18.9. The van der Waals surface area contributed by atoms with E-state index < -0.39 is 23.7 Å². The third kappa shape index (κ3) is 5.27. The number of nitrogens with one attached hydrogen (secondary N) is 3. The first-order chi connectivity index (χ1) is 16.1. The summed E-state index contributed by atoms with van der Waals surface area (Å²) in [4.78, 5) is 42.3. The van der Waals surface area contributed by atoms with Crippen LogP contribution in [0.2, 0.25) is 0 Å². The minimum atomic E-state index is -0.990. The van der Waals surface area contributed by atoms with E-state index in [2.05, 4.69) is 21.2 Å². The number of benzene rings is 2. The van der Waals surface area contributed by atoms with Crippen LogP contribution in [0.15, 0.2) is 66.0 Å². The van der Waals surface area contributed by atoms with Gasteiger partial charge in [-0.3, -0.25) is 19.8 Å². The van der Waals surface area contributed by atoms with Crippen LogP contribution in [0.1, 0.15) is 35.7 Å². The highest BCUT2D eigenvalue weighted by Crippen LogP contribution is 2.39. The van der Waals surface area contributed by atoms with Crippen LogP contribution >= 0.6 is 11.3 Å². The Morgan fingerprint density at radius 2 is 1.73 bits per heavy atom. The number of hydrogen-bond acceptors (Lipinski definition) is 7. The molecule has 1 fully saturated rings. The summed E-state index contributed by atoms with van der Waals surface area (Å²) in [6.45, 7) is 2.03. The molecule has 1 saturated heterocycles. The highest BCUT2D eigenvalue weighted by Gasteiger charge is 2.44. The molecule has 1 aromatic heterocycles. The van der Waals surface area contributed by atoms with Crippen LogP contribution in [-0.2, 0) is 25.5 Å². The fourth-order valence-electron chi connectivity index (χ4n) is 3.95. The monoisotopic (exact) mass is 464 g/mol. The van der Waals surface area contributed by atoms with E-state index in [9.17, 15) is 14.4 Å². The molecule has 3 atom stereocenters. The van der Waals surface area contributed by atoms with Crippen LogP contribution < -0.4 is 16.2 Å². The van der Waals surface area contributed by atoms with Gasteiger partial charge in [-0.1, -0.05) is 60.7 Å². The van der Waals surface area contributed by atoms with Crippen LogP contribution in [0.25, 0.3) is 0 Å². The Hall–Kier alpha value is -3.56. The van der Waals surface area contributed by atoms with Crippen LogP contribution in [0.3, 0.4) is 0 Å². The van der Waals surface area contributed by atoms with Gasteiger partial charge in [0.15, 0.2) is 5.13 Å². The third-order valence-corrected chi connectivity index (χ3v) is 6.20. The molecule has 2 aromatic carbocycles. The SMILES string of the molecule is CCOC(=O)Cc1csc(NC(=O)C2C(=O)NNC(c3ccccc3)C2c2ccccc2)n1. The van der Waals surface area contributed by atoms with Crippen molar-refractivity contribution < 1.29 is 19.1 Å². The van der Waals surface area contributed by atoms with Crippen molar-refractivity contribution in [2.24, 2.45) is 5.92 Å². The molecule has 3 aromatic rings. The van der Waals surface area contributed by atoms with Crippen molar-refractivity contribution in [3.05, 3.63) is 82.9 Å². The number of hydrogen-bond donors (Lipinski definition) is 3. The van der Waals surface area contributed by atoms with E-state index in [1.807, 2.05) is 60.7 Å². The van der Waals surface area contributed by atoms with Crippen LogP contribution in [-0.4, -0.2) is 29.4 Å². The van der Waals surface area contributed by atoms with Crippen molar-refractivity contribution in [2.75, 3.05) is 11.9 Å². The van der Waals surface area contributed by atoms with E-state index in [-0.39, 0.29) is 18.4 Å². The van der Waals surface area contributed by atoms with E-state index >= 15 is 0 Å². The Labute approximate surface area is 195 Å². The number of thiazole rings is 1. The fraction of sp³-hybridized carbons (Fsp3) is 0.250. The lowest BCUT2D eigenvalue weighted by molar-refractivity contribution is -0.142. The zero-order valence-electron chi connectivity index (χ0n) is 18.0. The molecule has 0 spiro atoms. The van der Waals surface area contributed by atoms with Crippen molar-refractivity contribution >= 4 is 34.3 Å². The minimum absolute atomic E-state index is 0.0246. The predicted octanol–water partition coefficient (Wildman–Crippen LogP) is 2.96. The number of esters is 1. The molecule has 0 saturated carbocycles. The number of rotatable bonds is 7. The first kappa shape index (κ1) is 22.6. The summed E-state index contributed by atoms with van der Waals surface area (Å²) < 4.78 is 4.94. The van der Waals surface area contributed by atoms with Gasteiger partial charge in [-0.25, -0.2) is 10.4 Å². The number of hydrazine groups is 1. The Balaban J connectivity index is 1.60. The van der Waals surface area contributed by atoms with Gasteiger partial charge in [0.1, 0.15) is 5.92 Å². The molecule has 3 unspecified atom stereocenters. The number of carbonyl (C=O) groups excluding carboxylic acids is 3. The van der Waals surface area contributed by atoms with Crippen LogP contribution in [0, 0.1) is 5.92 Å². The van der Waals surface area contributed by atoms with Gasteiger partial charge >= 0.3 is 5.97 Å². The predicted molar refractivity (Wildman–Crippen MR) is 124 cm³/mol. The number of ether oxygens (including phenoxy) is 1. The summed E-state index contributed by atoms with van der Waals surface area (Å²) in [5.41, 5.74) is 8.07. The maximum atomic E-state index is 13.3. The molecule has 0 bridgehead atoms. The molecule has 3 N–H and O–H groups in total. The van der Waals surface area contributed by atoms with Gasteiger partial charge in [0, 0.05) is 11.3 Å². The Bertz CT molecular complexity index is 1120. The zero-order chi connectivity index (χ0) is 23.2. The minimum Gasteiger partial charge on any atom is -0.466 e. The summed E-state index contributed by atoms with van der Waals surface area (Å²) in [6.07, 6.45) is 0.0246. The highest BCUT2D eigenvalue weighted by atomic mass is 32.1. The van der Waals surface area contributed by atoms with E-state index in [1.165, 1.54) is 11.3 Å². The van der Waals surface area contributed by atoms with Crippen LogP contribution in [0.5, 0.6) is 0 Å². The summed E-state index contributed by atoms with van der Waals surface area (Å²) in [5, 5.41) is 4.79. The van der Waals surface area contributed by atoms with Crippen molar-refractivity contribution in [2.45, 2.75) is 25.3 Å². The first-order valence-corrected chi connectivity index (χ1v) is 11.5. The van der Waals surface area contributed by atoms with Crippen LogP contribution in [0.4, 0.5) is 5.13 Å². The van der Waals surface area contributed by atoms with Gasteiger partial charge in [0.2, 0.25) is 11.8 Å². The average Bonchev–Trinajstić information content (AvgIpc) is 3.26. The number of aromatic nitrogens is 1. The maximum absolute atomic E-state index is 13.3. The number of carbonyl (C=O) groups is 3. The number of nitrogens with zero attached hydrogens (tertiary/aromatic N) is 1. The molecule has 4 rings (SSSR count). The van der Waals surface area contributed by atoms with Crippen molar-refractivity contribution in [3.63, 3.8) is 0 Å². The van der Waals surface area contributed by atoms with Gasteiger partial charge in [0.05, 0.1) is 24.8 Å². The third-order valence-electron chi connectivity index (χ3n) is 5.39. The zero-order valence-corrected chi connectivity index (χ0v) is 18.8. The normalized spacial score (nSPS) is 20.0. The molecule has 1 aliphatic rings. The topological polar surface area (TPSA) is 109 Å². The van der Waals surface area contributed by atoms with Gasteiger partial charge in [-0.2, -0.15) is 0 Å². The smallest absolute Gasteiger partial charge is 0.311 e. The quantitative estimate of drug-likeness (QED) is 0.366. The molecule has 9 heteroatoms. The number of anilines is 1. The lowest BCUT2D eigenvalue weighted by Gasteiger charge is -2.38. The van der Waals surface area contributed by atoms with Crippen molar-refractivity contribution in [1.82, 2.24) is 15.8 Å². The molecule has 33 heavy (non-hydrogen) atoms. The van der Waals surface area contributed by atoms with E-state index in [4.69, 9.17) is 4.74 Å². The van der Waals surface area contributed by atoms with Crippen molar-refractivity contribution in [1.29, 1.82) is 0 Å². The number of amides is 2. The van der Waals surface area contributed by atoms with Gasteiger partial charge in [-0.05, 0) is 18.1 Å². The highest BCUT2D eigenvalue weighted by molar-refractivity contribution is 7.14. The van der Waals surface area contributed by atoms with Gasteiger partial charge in [0.25, 0.3) is 0 Å². The van der Waals surface area contributed by atoms with E-state index in [0.29, 0.717) is 17.4 Å². The van der Waals surface area contributed by atoms with Gasteiger partial charge in [-0.15, -0.1) is 11.3 Å². The first-order valence-electron chi connectivity index (χ1n) is 10.6. The average molecular weight is 465 g/mol. The van der Waals surface area contributed by atoms with Crippen molar-refractivity contribution in [3.8, 4) is 0 Å². The second kappa shape index (κ2) is 10.4. The molecule has 8 nitrogen and oxygen atoms in total. The lowest BCUT2D eigenvalue weighted by Crippen LogP contribution is -2.56. The maximum Gasteiger partial charge on any atom is 0.311 e. The molecular formula is C24H24N4O4S. The molecule has 2 heterocycles. The molecule has 170 valence electrons. The Kier molecular flexibility index (Phi) is 7.11. The van der Waals surface area contributed by atoms with Gasteiger partial charge < -0.3 is 10.1 Å².